The maximum absolute atomic E-state index is 9.03. The minimum Gasteiger partial charge on any atom is -0.498 e. The van der Waals surface area contributed by atoms with E-state index in [2.05, 4.69) is 30.5 Å². The maximum atomic E-state index is 9.03. The Morgan fingerprint density at radius 2 is 2.12 bits per heavy atom. The monoisotopic (exact) mass is 441 g/mol. The zero-order chi connectivity index (χ0) is 22.8. The number of nitrogens with one attached hydrogen (secondary N) is 1. The van der Waals surface area contributed by atoms with E-state index < -0.39 is 0 Å². The summed E-state index contributed by atoms with van der Waals surface area (Å²) in [5.41, 5.74) is 3.08. The SMILES string of the molecule is Cc1cc(C#N)ncc1Oc1cc(Nc2ccc(N3C=COCC3)nn2)c2ncn(C)c2n1. The highest BCUT2D eigenvalue weighted by molar-refractivity contribution is 5.88. The molecule has 0 unspecified atom stereocenters. The second-order valence-corrected chi connectivity index (χ2v) is 7.34. The molecule has 33 heavy (non-hydrogen) atoms. The highest BCUT2D eigenvalue weighted by Gasteiger charge is 2.15. The maximum Gasteiger partial charge on any atom is 0.223 e. The summed E-state index contributed by atoms with van der Waals surface area (Å²) in [5, 5.41) is 20.9. The van der Waals surface area contributed by atoms with Crippen LogP contribution < -0.4 is 15.0 Å². The van der Waals surface area contributed by atoms with Gasteiger partial charge in [-0.25, -0.2) is 9.97 Å². The predicted molar refractivity (Wildman–Crippen MR) is 120 cm³/mol. The largest absolute Gasteiger partial charge is 0.498 e. The van der Waals surface area contributed by atoms with Crippen LogP contribution in [0.15, 0.2) is 49.3 Å². The smallest absolute Gasteiger partial charge is 0.223 e. The van der Waals surface area contributed by atoms with Gasteiger partial charge in [-0.15, -0.1) is 10.2 Å². The Morgan fingerprint density at radius 1 is 1.21 bits per heavy atom. The zero-order valence-electron chi connectivity index (χ0n) is 17.9. The van der Waals surface area contributed by atoms with Gasteiger partial charge >= 0.3 is 0 Å². The van der Waals surface area contributed by atoms with E-state index >= 15 is 0 Å². The summed E-state index contributed by atoms with van der Waals surface area (Å²) in [6.45, 7) is 3.16. The molecule has 5 rings (SSSR count). The average molecular weight is 441 g/mol. The van der Waals surface area contributed by atoms with E-state index in [-0.39, 0.29) is 0 Å². The minimum absolute atomic E-state index is 0.326. The number of nitrogens with zero attached hydrogens (tertiary/aromatic N) is 8. The first-order chi connectivity index (χ1) is 16.1. The molecule has 4 aromatic heterocycles. The van der Waals surface area contributed by atoms with Gasteiger partial charge in [-0.05, 0) is 30.7 Å². The molecular formula is C22H19N9O2. The molecule has 0 atom stereocenters. The quantitative estimate of drug-likeness (QED) is 0.493. The van der Waals surface area contributed by atoms with Crippen molar-refractivity contribution < 1.29 is 9.47 Å². The first kappa shape index (κ1) is 20.2. The molecule has 0 radical (unpaired) electrons. The summed E-state index contributed by atoms with van der Waals surface area (Å²) in [5.74, 6) is 2.14. The fraction of sp³-hybridized carbons (Fsp3) is 0.182. The number of ether oxygens (including phenoxy) is 2. The molecule has 0 saturated carbocycles. The van der Waals surface area contributed by atoms with Crippen molar-refractivity contribution >= 4 is 28.5 Å². The molecule has 5 heterocycles. The molecule has 0 saturated heterocycles. The summed E-state index contributed by atoms with van der Waals surface area (Å²) < 4.78 is 13.0. The molecule has 1 aliphatic heterocycles. The third-order valence-electron chi connectivity index (χ3n) is 5.03. The molecular weight excluding hydrogens is 422 g/mol. The molecule has 4 aromatic rings. The number of fused-ring (bicyclic) bond motifs is 1. The van der Waals surface area contributed by atoms with Crippen molar-refractivity contribution in [3.05, 3.63) is 60.5 Å². The number of nitriles is 1. The van der Waals surface area contributed by atoms with Gasteiger partial charge in [-0.2, -0.15) is 10.2 Å². The summed E-state index contributed by atoms with van der Waals surface area (Å²) in [7, 11) is 1.86. The Balaban J connectivity index is 1.45. The van der Waals surface area contributed by atoms with E-state index in [0.29, 0.717) is 53.1 Å². The van der Waals surface area contributed by atoms with Gasteiger partial charge in [-0.3, -0.25) is 0 Å². The van der Waals surface area contributed by atoms with Crippen LogP contribution in [0, 0.1) is 18.3 Å². The van der Waals surface area contributed by atoms with Gasteiger partial charge in [0.25, 0.3) is 0 Å². The van der Waals surface area contributed by atoms with Gasteiger partial charge in [0.15, 0.2) is 23.0 Å². The van der Waals surface area contributed by atoms with Crippen LogP contribution in [0.3, 0.4) is 0 Å². The van der Waals surface area contributed by atoms with Crippen molar-refractivity contribution in [2.45, 2.75) is 6.92 Å². The van der Waals surface area contributed by atoms with Crippen molar-refractivity contribution in [3.63, 3.8) is 0 Å². The topological polar surface area (TPSA) is 127 Å². The lowest BCUT2D eigenvalue weighted by Crippen LogP contribution is -2.25. The highest BCUT2D eigenvalue weighted by Crippen LogP contribution is 2.31. The number of rotatable bonds is 5. The molecule has 0 aromatic carbocycles. The van der Waals surface area contributed by atoms with Crippen LogP contribution >= 0.6 is 0 Å². The molecule has 0 aliphatic carbocycles. The summed E-state index contributed by atoms with van der Waals surface area (Å²) in [6.07, 6.45) is 6.66. The molecule has 11 heteroatoms. The van der Waals surface area contributed by atoms with E-state index in [4.69, 9.17) is 14.7 Å². The number of imidazole rings is 1. The molecule has 0 spiro atoms. The lowest BCUT2D eigenvalue weighted by molar-refractivity contribution is 0.245. The van der Waals surface area contributed by atoms with E-state index in [1.165, 1.54) is 6.20 Å². The number of pyridine rings is 2. The van der Waals surface area contributed by atoms with Gasteiger partial charge in [-0.1, -0.05) is 0 Å². The fourth-order valence-corrected chi connectivity index (χ4v) is 3.33. The van der Waals surface area contributed by atoms with Crippen LogP contribution in [0.2, 0.25) is 0 Å². The van der Waals surface area contributed by atoms with Crippen LogP contribution in [0.25, 0.3) is 11.2 Å². The third-order valence-corrected chi connectivity index (χ3v) is 5.03. The third kappa shape index (κ3) is 4.09. The number of hydrogen-bond acceptors (Lipinski definition) is 10. The zero-order valence-corrected chi connectivity index (χ0v) is 17.9. The second kappa shape index (κ2) is 8.43. The van der Waals surface area contributed by atoms with Crippen LogP contribution in [0.4, 0.5) is 17.3 Å². The van der Waals surface area contributed by atoms with Gasteiger partial charge in [0, 0.05) is 19.3 Å². The Bertz CT molecular complexity index is 1390. The Kier molecular flexibility index (Phi) is 5.16. The molecule has 164 valence electrons. The molecule has 1 aliphatic rings. The summed E-state index contributed by atoms with van der Waals surface area (Å²) in [4.78, 5) is 15.1. The number of aromatic nitrogens is 6. The Hall–Kier alpha value is -4.72. The van der Waals surface area contributed by atoms with Crippen LogP contribution in [-0.2, 0) is 11.8 Å². The minimum atomic E-state index is 0.326. The van der Waals surface area contributed by atoms with E-state index in [1.54, 1.807) is 29.3 Å². The normalized spacial score (nSPS) is 12.9. The van der Waals surface area contributed by atoms with Crippen molar-refractivity contribution in [1.29, 1.82) is 5.26 Å². The van der Waals surface area contributed by atoms with E-state index in [0.717, 1.165) is 11.4 Å². The molecule has 0 amide bonds. The van der Waals surface area contributed by atoms with Gasteiger partial charge in [0.05, 0.1) is 31.0 Å². The van der Waals surface area contributed by atoms with Crippen molar-refractivity contribution in [2.24, 2.45) is 7.05 Å². The van der Waals surface area contributed by atoms with Crippen molar-refractivity contribution in [2.75, 3.05) is 23.4 Å². The second-order valence-electron chi connectivity index (χ2n) is 7.34. The predicted octanol–water partition coefficient (Wildman–Crippen LogP) is 3.18. The number of aryl methyl sites for hydroxylation is 2. The molecule has 1 N–H and O–H groups in total. The van der Waals surface area contributed by atoms with E-state index in [1.807, 2.05) is 43.3 Å². The first-order valence-electron chi connectivity index (χ1n) is 10.1. The van der Waals surface area contributed by atoms with Crippen LogP contribution in [-0.4, -0.2) is 42.9 Å². The molecule has 0 fully saturated rings. The molecule has 11 nitrogen and oxygen atoms in total. The highest BCUT2D eigenvalue weighted by atomic mass is 16.5. The lowest BCUT2D eigenvalue weighted by Gasteiger charge is -2.21. The van der Waals surface area contributed by atoms with Crippen molar-refractivity contribution in [3.8, 4) is 17.7 Å². The van der Waals surface area contributed by atoms with Crippen molar-refractivity contribution in [1.82, 2.24) is 29.7 Å². The van der Waals surface area contributed by atoms with Gasteiger partial charge in [0.2, 0.25) is 5.88 Å². The average Bonchev–Trinajstić information content (AvgIpc) is 3.22. The number of hydrogen-bond donors (Lipinski definition) is 1. The summed E-state index contributed by atoms with van der Waals surface area (Å²) >= 11 is 0. The summed E-state index contributed by atoms with van der Waals surface area (Å²) in [6, 6.07) is 9.15. The number of anilines is 3. The standard InChI is InChI=1S/C22H19N9O2/c1-14-9-15(11-23)24-12-17(14)33-20-10-16(21-22(27-20)30(2)13-25-21)26-18-3-4-19(29-28-18)31-5-7-32-8-6-31/h3-5,7,9-10,12-13H,6,8H2,1-2H3,(H,26,27,28). The molecule has 0 bridgehead atoms. The van der Waals surface area contributed by atoms with Crippen LogP contribution in [0.5, 0.6) is 11.6 Å². The first-order valence-corrected chi connectivity index (χ1v) is 10.1. The van der Waals surface area contributed by atoms with Crippen LogP contribution in [0.1, 0.15) is 11.3 Å². The lowest BCUT2D eigenvalue weighted by atomic mass is 10.2. The van der Waals surface area contributed by atoms with Gasteiger partial charge < -0.3 is 24.3 Å². The van der Waals surface area contributed by atoms with E-state index in [9.17, 15) is 0 Å². The van der Waals surface area contributed by atoms with Gasteiger partial charge in [0.1, 0.15) is 23.9 Å². The Morgan fingerprint density at radius 3 is 2.85 bits per heavy atom. The Labute approximate surface area is 189 Å². The fourth-order valence-electron chi connectivity index (χ4n) is 3.33.